The Labute approximate surface area is 138 Å². The number of benzene rings is 2. The zero-order valence-electron chi connectivity index (χ0n) is 11.8. The lowest BCUT2D eigenvalue weighted by Gasteiger charge is -2.31. The van der Waals surface area contributed by atoms with Crippen LogP contribution in [0.4, 0.5) is 8.78 Å². The van der Waals surface area contributed by atoms with Crippen LogP contribution in [0.5, 0.6) is 0 Å². The monoisotopic (exact) mass is 341 g/mol. The number of halogens is 4. The number of piperidine rings is 1. The molecule has 116 valence electrons. The van der Waals surface area contributed by atoms with Crippen LogP contribution in [0.2, 0.25) is 10.0 Å². The van der Waals surface area contributed by atoms with Crippen LogP contribution in [0.3, 0.4) is 0 Å². The molecule has 2 aromatic carbocycles. The molecule has 1 aliphatic rings. The van der Waals surface area contributed by atoms with Crippen LogP contribution in [0.15, 0.2) is 36.4 Å². The van der Waals surface area contributed by atoms with Gasteiger partial charge in [-0.2, -0.15) is 0 Å². The van der Waals surface area contributed by atoms with Gasteiger partial charge in [0.2, 0.25) is 0 Å². The summed E-state index contributed by atoms with van der Waals surface area (Å²) in [5.74, 6) is -0.513. The standard InChI is InChI=1S/C17H15Cl2F2N/c18-11-2-4-13(15(20)7-11)10-1-6-17(22-9-10)14-5-3-12(19)8-16(14)21/h2-5,7-8,10,17,22H,1,6,9H2/t10-,17+/m0/s1. The summed E-state index contributed by atoms with van der Waals surface area (Å²) in [7, 11) is 0. The van der Waals surface area contributed by atoms with Crippen molar-refractivity contribution in [3.63, 3.8) is 0 Å². The number of rotatable bonds is 2. The summed E-state index contributed by atoms with van der Waals surface area (Å²) in [5, 5.41) is 4.09. The van der Waals surface area contributed by atoms with Crippen LogP contribution in [0.1, 0.15) is 35.9 Å². The molecule has 1 fully saturated rings. The molecule has 1 heterocycles. The molecule has 1 saturated heterocycles. The molecule has 1 nitrogen and oxygen atoms in total. The van der Waals surface area contributed by atoms with Gasteiger partial charge in [-0.3, -0.25) is 0 Å². The summed E-state index contributed by atoms with van der Waals surface area (Å²) in [6, 6.07) is 9.41. The van der Waals surface area contributed by atoms with Gasteiger partial charge in [0.1, 0.15) is 11.6 Å². The third kappa shape index (κ3) is 3.27. The van der Waals surface area contributed by atoms with Crippen LogP contribution < -0.4 is 5.32 Å². The van der Waals surface area contributed by atoms with E-state index in [9.17, 15) is 8.78 Å². The highest BCUT2D eigenvalue weighted by atomic mass is 35.5. The average molecular weight is 342 g/mol. The molecular formula is C17H15Cl2F2N. The molecule has 0 amide bonds. The number of nitrogens with one attached hydrogen (secondary N) is 1. The molecule has 1 N–H and O–H groups in total. The van der Waals surface area contributed by atoms with Crippen molar-refractivity contribution in [2.45, 2.75) is 24.8 Å². The van der Waals surface area contributed by atoms with Gasteiger partial charge >= 0.3 is 0 Å². The van der Waals surface area contributed by atoms with Gasteiger partial charge in [-0.05, 0) is 48.6 Å². The summed E-state index contributed by atoms with van der Waals surface area (Å²) < 4.78 is 27.9. The van der Waals surface area contributed by atoms with E-state index in [1.54, 1.807) is 24.3 Å². The van der Waals surface area contributed by atoms with Gasteiger partial charge in [-0.15, -0.1) is 0 Å². The maximum atomic E-state index is 14.0. The Bertz CT molecular complexity index is 623. The molecule has 3 rings (SSSR count). The fourth-order valence-corrected chi connectivity index (χ4v) is 3.32. The average Bonchev–Trinajstić information content (AvgIpc) is 2.48. The third-order valence-corrected chi connectivity index (χ3v) is 4.62. The first-order valence-corrected chi connectivity index (χ1v) is 7.93. The number of hydrogen-bond donors (Lipinski definition) is 1. The molecule has 0 aliphatic carbocycles. The summed E-state index contributed by atoms with van der Waals surface area (Å²) in [6.07, 6.45) is 1.53. The molecule has 0 aromatic heterocycles. The van der Waals surface area contributed by atoms with E-state index in [2.05, 4.69) is 5.32 Å². The zero-order valence-corrected chi connectivity index (χ0v) is 13.3. The van der Waals surface area contributed by atoms with Crippen LogP contribution in [-0.2, 0) is 0 Å². The van der Waals surface area contributed by atoms with E-state index in [0.29, 0.717) is 27.7 Å². The second-order valence-electron chi connectivity index (χ2n) is 5.57. The molecule has 0 bridgehead atoms. The van der Waals surface area contributed by atoms with Gasteiger partial charge in [0.15, 0.2) is 0 Å². The van der Waals surface area contributed by atoms with Crippen molar-refractivity contribution >= 4 is 23.2 Å². The molecule has 2 atom stereocenters. The van der Waals surface area contributed by atoms with E-state index in [-0.39, 0.29) is 23.6 Å². The van der Waals surface area contributed by atoms with Gasteiger partial charge in [0, 0.05) is 28.2 Å². The molecular weight excluding hydrogens is 327 g/mol. The highest BCUT2D eigenvalue weighted by Gasteiger charge is 2.26. The van der Waals surface area contributed by atoms with Crippen LogP contribution >= 0.6 is 23.2 Å². The highest BCUT2D eigenvalue weighted by molar-refractivity contribution is 6.30. The van der Waals surface area contributed by atoms with Crippen molar-refractivity contribution in [3.8, 4) is 0 Å². The van der Waals surface area contributed by atoms with E-state index in [1.165, 1.54) is 12.1 Å². The van der Waals surface area contributed by atoms with E-state index < -0.39 is 0 Å². The molecule has 2 aromatic rings. The largest absolute Gasteiger partial charge is 0.309 e. The topological polar surface area (TPSA) is 12.0 Å². The van der Waals surface area contributed by atoms with Crippen molar-refractivity contribution in [2.24, 2.45) is 0 Å². The molecule has 0 radical (unpaired) electrons. The first kappa shape index (κ1) is 15.7. The first-order chi connectivity index (χ1) is 10.5. The Morgan fingerprint density at radius 3 is 1.95 bits per heavy atom. The Morgan fingerprint density at radius 1 is 0.864 bits per heavy atom. The van der Waals surface area contributed by atoms with Gasteiger partial charge in [0.05, 0.1) is 0 Å². The number of hydrogen-bond acceptors (Lipinski definition) is 1. The summed E-state index contributed by atoms with van der Waals surface area (Å²) >= 11 is 11.6. The van der Waals surface area contributed by atoms with Gasteiger partial charge in [-0.1, -0.05) is 35.3 Å². The normalized spacial score (nSPS) is 21.8. The lowest BCUT2D eigenvalue weighted by Crippen LogP contribution is -2.32. The van der Waals surface area contributed by atoms with Crippen molar-refractivity contribution < 1.29 is 8.78 Å². The maximum absolute atomic E-state index is 14.0. The van der Waals surface area contributed by atoms with E-state index in [1.807, 2.05) is 0 Å². The second-order valence-corrected chi connectivity index (χ2v) is 6.44. The summed E-state index contributed by atoms with van der Waals surface area (Å²) in [5.41, 5.74) is 1.27. The predicted octanol–water partition coefficient (Wildman–Crippen LogP) is 5.48. The fourth-order valence-electron chi connectivity index (χ4n) is 3.00. The van der Waals surface area contributed by atoms with E-state index in [0.717, 1.165) is 12.8 Å². The minimum atomic E-state index is -0.305. The summed E-state index contributed by atoms with van der Waals surface area (Å²) in [4.78, 5) is 0. The minimum absolute atomic E-state index is 0.0659. The first-order valence-electron chi connectivity index (χ1n) is 7.18. The minimum Gasteiger partial charge on any atom is -0.309 e. The lowest BCUT2D eigenvalue weighted by atomic mass is 9.86. The molecule has 0 spiro atoms. The van der Waals surface area contributed by atoms with Crippen LogP contribution in [0, 0.1) is 11.6 Å². The van der Waals surface area contributed by atoms with Crippen LogP contribution in [-0.4, -0.2) is 6.54 Å². The fraction of sp³-hybridized carbons (Fsp3) is 0.294. The Balaban J connectivity index is 1.72. The van der Waals surface area contributed by atoms with E-state index in [4.69, 9.17) is 23.2 Å². The van der Waals surface area contributed by atoms with Gasteiger partial charge in [-0.25, -0.2) is 8.78 Å². The SMILES string of the molecule is Fc1cc(Cl)ccc1[C@H]1CC[C@H](c2ccc(Cl)cc2F)NC1. The van der Waals surface area contributed by atoms with E-state index >= 15 is 0 Å². The third-order valence-electron chi connectivity index (χ3n) is 4.15. The molecule has 22 heavy (non-hydrogen) atoms. The van der Waals surface area contributed by atoms with Crippen molar-refractivity contribution in [3.05, 3.63) is 69.2 Å². The highest BCUT2D eigenvalue weighted by Crippen LogP contribution is 2.34. The van der Waals surface area contributed by atoms with Crippen molar-refractivity contribution in [1.29, 1.82) is 0 Å². The maximum Gasteiger partial charge on any atom is 0.129 e. The molecule has 0 saturated carbocycles. The van der Waals surface area contributed by atoms with Crippen molar-refractivity contribution in [1.82, 2.24) is 5.32 Å². The molecule has 0 unspecified atom stereocenters. The smallest absolute Gasteiger partial charge is 0.129 e. The van der Waals surface area contributed by atoms with Crippen molar-refractivity contribution in [2.75, 3.05) is 6.54 Å². The Kier molecular flexibility index (Phi) is 4.67. The lowest BCUT2D eigenvalue weighted by molar-refractivity contribution is 0.359. The molecule has 5 heteroatoms. The predicted molar refractivity (Wildman–Crippen MR) is 85.5 cm³/mol. The Hall–Kier alpha value is -1.16. The Morgan fingerprint density at radius 2 is 1.45 bits per heavy atom. The molecule has 1 aliphatic heterocycles. The van der Waals surface area contributed by atoms with Gasteiger partial charge < -0.3 is 5.32 Å². The zero-order chi connectivity index (χ0) is 15.7. The second kappa shape index (κ2) is 6.53. The van der Waals surface area contributed by atoms with Gasteiger partial charge in [0.25, 0.3) is 0 Å². The quantitative estimate of drug-likeness (QED) is 0.762. The summed E-state index contributed by atoms with van der Waals surface area (Å²) in [6.45, 7) is 0.602. The van der Waals surface area contributed by atoms with Crippen LogP contribution in [0.25, 0.3) is 0 Å².